The minimum atomic E-state index is -1.13. The summed E-state index contributed by atoms with van der Waals surface area (Å²) in [5.41, 5.74) is 0.269. The molecule has 2 fully saturated rings. The van der Waals surface area contributed by atoms with Gasteiger partial charge in [0.25, 0.3) is 0 Å². The number of nitrogens with one attached hydrogen (secondary N) is 1. The molecule has 2 aliphatic heterocycles. The Bertz CT molecular complexity index is 865. The van der Waals surface area contributed by atoms with Gasteiger partial charge in [0, 0.05) is 44.1 Å². The van der Waals surface area contributed by atoms with Crippen molar-refractivity contribution in [3.63, 3.8) is 0 Å². The first-order valence-corrected chi connectivity index (χ1v) is 13.2. The topological polar surface area (TPSA) is 88.1 Å². The van der Waals surface area contributed by atoms with Crippen LogP contribution in [-0.2, 0) is 25.5 Å². The van der Waals surface area contributed by atoms with Crippen molar-refractivity contribution in [2.24, 2.45) is 5.92 Å². The van der Waals surface area contributed by atoms with Gasteiger partial charge in [0.15, 0.2) is 0 Å². The highest BCUT2D eigenvalue weighted by Gasteiger charge is 2.40. The monoisotopic (exact) mass is 510 g/mol. The highest BCUT2D eigenvalue weighted by Crippen LogP contribution is 2.27. The Hall–Kier alpha value is -2.10. The van der Waals surface area contributed by atoms with Crippen molar-refractivity contribution in [2.75, 3.05) is 19.7 Å². The summed E-state index contributed by atoms with van der Waals surface area (Å²) in [6.45, 7) is 7.35. The molecule has 2 aliphatic rings. The number of nitrogens with zero attached hydrogens (tertiary/aromatic N) is 1. The van der Waals surface area contributed by atoms with Gasteiger partial charge in [-0.25, -0.2) is 13.6 Å². The second kappa shape index (κ2) is 13.4. The molecule has 2 heterocycles. The third-order valence-electron chi connectivity index (χ3n) is 7.17. The maximum absolute atomic E-state index is 13.8. The summed E-state index contributed by atoms with van der Waals surface area (Å²) in [7, 11) is 0. The number of likely N-dealkylation sites (tertiary alicyclic amines) is 1. The molecule has 2 saturated heterocycles. The zero-order valence-corrected chi connectivity index (χ0v) is 21.6. The lowest BCUT2D eigenvalue weighted by atomic mass is 9.97. The minimum absolute atomic E-state index is 0.0504. The van der Waals surface area contributed by atoms with Crippen molar-refractivity contribution in [1.82, 2.24) is 10.2 Å². The number of carbonyl (C=O) groups is 2. The molecule has 3 rings (SSSR count). The molecule has 0 bridgehead atoms. The van der Waals surface area contributed by atoms with E-state index in [1.807, 2.05) is 6.92 Å². The summed E-state index contributed by atoms with van der Waals surface area (Å²) >= 11 is 0. The maximum Gasteiger partial charge on any atom is 0.328 e. The smallest absolute Gasteiger partial charge is 0.328 e. The number of hydrogen-bond donors (Lipinski definition) is 2. The van der Waals surface area contributed by atoms with Gasteiger partial charge in [0.05, 0.1) is 6.10 Å². The second-order valence-corrected chi connectivity index (χ2v) is 10.0. The number of hydrogen-bond acceptors (Lipinski definition) is 6. The number of benzene rings is 1. The van der Waals surface area contributed by atoms with Crippen LogP contribution in [0.5, 0.6) is 0 Å². The first kappa shape index (κ1) is 28.5. The molecule has 36 heavy (non-hydrogen) atoms. The molecular formula is C27H40F2N2O5. The van der Waals surface area contributed by atoms with Crippen LogP contribution in [-0.4, -0.2) is 72.0 Å². The van der Waals surface area contributed by atoms with Gasteiger partial charge in [-0.15, -0.1) is 0 Å². The molecule has 7 nitrogen and oxygen atoms in total. The SMILES string of the molecule is CCCC[C@H]1CCN(C(C)C(=O)O[C@@H](Cc2cc(F)cc(F)c2)[C@@H](O)[C@H]2C[C@@H](OCCC)CN2)C1=O. The average molecular weight is 511 g/mol. The summed E-state index contributed by atoms with van der Waals surface area (Å²) in [4.78, 5) is 27.5. The zero-order valence-electron chi connectivity index (χ0n) is 21.6. The number of esters is 1. The Balaban J connectivity index is 1.71. The fourth-order valence-electron chi connectivity index (χ4n) is 5.10. The lowest BCUT2D eigenvalue weighted by molar-refractivity contribution is -0.164. The van der Waals surface area contributed by atoms with Crippen molar-refractivity contribution >= 4 is 11.9 Å². The van der Waals surface area contributed by atoms with Crippen molar-refractivity contribution in [2.45, 2.75) is 96.1 Å². The van der Waals surface area contributed by atoms with E-state index in [0.29, 0.717) is 32.5 Å². The van der Waals surface area contributed by atoms with E-state index < -0.39 is 41.9 Å². The third-order valence-corrected chi connectivity index (χ3v) is 7.17. The molecule has 0 aliphatic carbocycles. The number of ether oxygens (including phenoxy) is 2. The van der Waals surface area contributed by atoms with E-state index in [0.717, 1.165) is 43.9 Å². The number of amides is 1. The number of rotatable bonds is 13. The average Bonchev–Trinajstić information content (AvgIpc) is 3.46. The van der Waals surface area contributed by atoms with Gasteiger partial charge >= 0.3 is 5.97 Å². The summed E-state index contributed by atoms with van der Waals surface area (Å²) in [6, 6.07) is 1.87. The Morgan fingerprint density at radius 1 is 1.22 bits per heavy atom. The third kappa shape index (κ3) is 7.46. The quantitative estimate of drug-likeness (QED) is 0.396. The van der Waals surface area contributed by atoms with Crippen molar-refractivity contribution < 1.29 is 33.0 Å². The molecule has 9 heteroatoms. The maximum atomic E-state index is 13.8. The van der Waals surface area contributed by atoms with E-state index in [9.17, 15) is 23.5 Å². The molecule has 0 spiro atoms. The van der Waals surface area contributed by atoms with Crippen LogP contribution in [0.4, 0.5) is 8.78 Å². The molecule has 0 radical (unpaired) electrons. The number of halogens is 2. The van der Waals surface area contributed by atoms with Crippen LogP contribution in [0.15, 0.2) is 18.2 Å². The lowest BCUT2D eigenvalue weighted by Crippen LogP contribution is -2.49. The summed E-state index contributed by atoms with van der Waals surface area (Å²) < 4.78 is 39.2. The molecule has 6 atom stereocenters. The van der Waals surface area contributed by atoms with Gasteiger partial charge in [-0.3, -0.25) is 4.79 Å². The Kier molecular flexibility index (Phi) is 10.6. The fraction of sp³-hybridized carbons (Fsp3) is 0.704. The normalized spacial score (nSPS) is 24.7. The second-order valence-electron chi connectivity index (χ2n) is 10.0. The highest BCUT2D eigenvalue weighted by atomic mass is 19.1. The van der Waals surface area contributed by atoms with Crippen LogP contribution in [0.3, 0.4) is 0 Å². The summed E-state index contributed by atoms with van der Waals surface area (Å²) in [5.74, 6) is -2.26. The van der Waals surface area contributed by atoms with Crippen LogP contribution >= 0.6 is 0 Å². The van der Waals surface area contributed by atoms with Gasteiger partial charge in [-0.2, -0.15) is 0 Å². The van der Waals surface area contributed by atoms with Crippen LogP contribution in [0.1, 0.15) is 64.9 Å². The van der Waals surface area contributed by atoms with E-state index >= 15 is 0 Å². The van der Waals surface area contributed by atoms with Crippen LogP contribution in [0.25, 0.3) is 0 Å². The molecule has 1 aromatic carbocycles. The molecule has 2 N–H and O–H groups in total. The minimum Gasteiger partial charge on any atom is -0.458 e. The first-order chi connectivity index (χ1) is 17.2. The number of aliphatic hydroxyl groups is 1. The van der Waals surface area contributed by atoms with E-state index in [1.54, 1.807) is 6.92 Å². The van der Waals surface area contributed by atoms with Crippen molar-refractivity contribution in [3.05, 3.63) is 35.4 Å². The lowest BCUT2D eigenvalue weighted by Gasteiger charge is -2.30. The van der Waals surface area contributed by atoms with Gasteiger partial charge in [0.2, 0.25) is 5.91 Å². The van der Waals surface area contributed by atoms with Gasteiger partial charge in [-0.1, -0.05) is 26.7 Å². The van der Waals surface area contributed by atoms with E-state index in [2.05, 4.69) is 12.2 Å². The van der Waals surface area contributed by atoms with Crippen molar-refractivity contribution in [3.8, 4) is 0 Å². The molecule has 0 saturated carbocycles. The van der Waals surface area contributed by atoms with E-state index in [4.69, 9.17) is 9.47 Å². The van der Waals surface area contributed by atoms with Gasteiger partial charge in [0.1, 0.15) is 29.9 Å². The fourth-order valence-corrected chi connectivity index (χ4v) is 5.10. The zero-order chi connectivity index (χ0) is 26.2. The van der Waals surface area contributed by atoms with E-state index in [1.165, 1.54) is 4.90 Å². The molecule has 202 valence electrons. The van der Waals surface area contributed by atoms with Gasteiger partial charge in [-0.05, 0) is 50.3 Å². The predicted molar refractivity (Wildman–Crippen MR) is 131 cm³/mol. The van der Waals surface area contributed by atoms with Crippen LogP contribution in [0.2, 0.25) is 0 Å². The summed E-state index contributed by atoms with van der Waals surface area (Å²) in [5, 5.41) is 14.4. The Morgan fingerprint density at radius 3 is 2.61 bits per heavy atom. The van der Waals surface area contributed by atoms with E-state index in [-0.39, 0.29) is 29.9 Å². The Morgan fingerprint density at radius 2 is 1.94 bits per heavy atom. The van der Waals surface area contributed by atoms with Gasteiger partial charge < -0.3 is 24.8 Å². The highest BCUT2D eigenvalue weighted by molar-refractivity contribution is 5.87. The molecule has 1 amide bonds. The molecule has 1 aromatic rings. The largest absolute Gasteiger partial charge is 0.458 e. The number of unbranched alkanes of at least 4 members (excludes halogenated alkanes) is 1. The molecule has 1 unspecified atom stereocenters. The summed E-state index contributed by atoms with van der Waals surface area (Å²) in [6.07, 6.45) is 2.53. The van der Waals surface area contributed by atoms with Crippen LogP contribution in [0, 0.1) is 17.6 Å². The predicted octanol–water partition coefficient (Wildman–Crippen LogP) is 3.36. The number of carbonyl (C=O) groups excluding carboxylic acids is 2. The Labute approximate surface area is 212 Å². The standard InChI is InChI=1S/C27H40F2N2O5/c1-4-6-7-19-8-9-31(26(19)33)17(3)27(34)36-24(13-18-11-20(28)14-21(29)12-18)25(32)23-15-22(16-30-23)35-10-5-2/h11-12,14,17,19,22-25,30,32H,4-10,13,15-16H2,1-3H3/t17?,19-,22+,23+,24-,25-/m0/s1. The molecule has 0 aromatic heterocycles. The van der Waals surface area contributed by atoms with Crippen LogP contribution < -0.4 is 5.32 Å². The number of aliphatic hydroxyl groups excluding tert-OH is 1. The molecular weight excluding hydrogens is 470 g/mol. The van der Waals surface area contributed by atoms with Crippen molar-refractivity contribution in [1.29, 1.82) is 0 Å². The first-order valence-electron chi connectivity index (χ1n) is 13.2.